The molecule has 4 rings (SSSR count). The Morgan fingerprint density at radius 1 is 0.853 bits per heavy atom. The summed E-state index contributed by atoms with van der Waals surface area (Å²) in [5.74, 6) is 0.420. The number of carbonyl (C=O) groups excluding carboxylic acids is 2. The summed E-state index contributed by atoms with van der Waals surface area (Å²) in [6.45, 7) is 2.78. The van der Waals surface area contributed by atoms with Gasteiger partial charge < -0.3 is 28.7 Å². The van der Waals surface area contributed by atoms with Gasteiger partial charge in [-0.1, -0.05) is 18.2 Å². The maximum atomic E-state index is 13.3. The molecule has 2 aliphatic heterocycles. The van der Waals surface area contributed by atoms with Crippen molar-refractivity contribution in [3.05, 3.63) is 60.4 Å². The minimum atomic E-state index is -1.04. The summed E-state index contributed by atoms with van der Waals surface area (Å²) < 4.78 is 36.2. The van der Waals surface area contributed by atoms with E-state index in [1.165, 1.54) is 24.3 Å². The van der Waals surface area contributed by atoms with Crippen molar-refractivity contribution in [2.75, 3.05) is 59.2 Å². The fourth-order valence-corrected chi connectivity index (χ4v) is 4.00. The fourth-order valence-electron chi connectivity index (χ4n) is 4.00. The fraction of sp³-hybridized carbons (Fsp3) is 0.440. The van der Waals surface area contributed by atoms with Crippen molar-refractivity contribution >= 4 is 11.8 Å². The summed E-state index contributed by atoms with van der Waals surface area (Å²) in [5.41, 5.74) is -1.04. The summed E-state index contributed by atoms with van der Waals surface area (Å²) in [7, 11) is 0. The predicted octanol–water partition coefficient (Wildman–Crippen LogP) is 2.13. The quantitative estimate of drug-likeness (QED) is 0.586. The van der Waals surface area contributed by atoms with Crippen LogP contribution in [-0.2, 0) is 19.1 Å². The van der Waals surface area contributed by atoms with Crippen LogP contribution in [-0.4, -0.2) is 86.4 Å². The Morgan fingerprint density at radius 3 is 2.26 bits per heavy atom. The Morgan fingerprint density at radius 2 is 1.53 bits per heavy atom. The molecule has 2 heterocycles. The zero-order valence-electron chi connectivity index (χ0n) is 19.0. The highest BCUT2D eigenvalue weighted by atomic mass is 19.1. The molecule has 8 nitrogen and oxygen atoms in total. The molecular formula is C25H29FN2O6. The van der Waals surface area contributed by atoms with Crippen LogP contribution < -0.4 is 9.47 Å². The van der Waals surface area contributed by atoms with E-state index in [2.05, 4.69) is 0 Å². The van der Waals surface area contributed by atoms with Crippen molar-refractivity contribution in [3.8, 4) is 11.5 Å². The van der Waals surface area contributed by atoms with Crippen molar-refractivity contribution in [2.24, 2.45) is 0 Å². The molecule has 0 N–H and O–H groups in total. The molecule has 2 saturated heterocycles. The molecular weight excluding hydrogens is 443 g/mol. The van der Waals surface area contributed by atoms with E-state index >= 15 is 0 Å². The number of hydrogen-bond acceptors (Lipinski definition) is 6. The molecule has 2 aromatic rings. The number of nitrogens with zero attached hydrogens (tertiary/aromatic N) is 2. The first-order valence-electron chi connectivity index (χ1n) is 11.4. The number of halogens is 1. The molecule has 9 heteroatoms. The Kier molecular flexibility index (Phi) is 7.97. The highest BCUT2D eigenvalue weighted by molar-refractivity contribution is 5.79. The first-order valence-corrected chi connectivity index (χ1v) is 11.4. The molecule has 0 radical (unpaired) electrons. The average Bonchev–Trinajstić information content (AvgIpc) is 2.88. The second-order valence-electron chi connectivity index (χ2n) is 8.36. The normalized spacial score (nSPS) is 20.6. The predicted molar refractivity (Wildman–Crippen MR) is 121 cm³/mol. The van der Waals surface area contributed by atoms with Crippen LogP contribution in [0.3, 0.4) is 0 Å². The molecule has 182 valence electrons. The first kappa shape index (κ1) is 24.0. The van der Waals surface area contributed by atoms with Crippen molar-refractivity contribution in [1.29, 1.82) is 0 Å². The van der Waals surface area contributed by atoms with E-state index in [-0.39, 0.29) is 50.4 Å². The molecule has 1 atom stereocenters. The Labute approximate surface area is 198 Å². The summed E-state index contributed by atoms with van der Waals surface area (Å²) in [6.07, 6.45) is 0.0531. The van der Waals surface area contributed by atoms with E-state index in [1.807, 2.05) is 18.2 Å². The van der Waals surface area contributed by atoms with Gasteiger partial charge in [-0.25, -0.2) is 4.39 Å². The van der Waals surface area contributed by atoms with Crippen LogP contribution in [0.4, 0.5) is 4.39 Å². The van der Waals surface area contributed by atoms with Gasteiger partial charge in [0.2, 0.25) is 5.91 Å². The molecule has 2 aliphatic rings. The number of ether oxygens (including phenoxy) is 4. The van der Waals surface area contributed by atoms with Crippen molar-refractivity contribution in [2.45, 2.75) is 12.0 Å². The van der Waals surface area contributed by atoms with Gasteiger partial charge >= 0.3 is 0 Å². The highest BCUT2D eigenvalue weighted by Gasteiger charge is 2.42. The number of carbonyl (C=O) groups is 2. The zero-order chi connectivity index (χ0) is 23.8. The number of hydrogen-bond donors (Lipinski definition) is 0. The molecule has 0 aromatic heterocycles. The second kappa shape index (κ2) is 11.3. The zero-order valence-corrected chi connectivity index (χ0v) is 19.0. The van der Waals surface area contributed by atoms with Crippen LogP contribution in [0.25, 0.3) is 0 Å². The van der Waals surface area contributed by atoms with Gasteiger partial charge in [-0.2, -0.15) is 0 Å². The monoisotopic (exact) mass is 472 g/mol. The number of morpholine rings is 2. The third-order valence-corrected chi connectivity index (χ3v) is 5.86. The van der Waals surface area contributed by atoms with Crippen LogP contribution in [0.15, 0.2) is 54.6 Å². The minimum absolute atomic E-state index is 0.0397. The smallest absolute Gasteiger partial charge is 0.260 e. The molecule has 0 unspecified atom stereocenters. The molecule has 34 heavy (non-hydrogen) atoms. The molecule has 2 aromatic carbocycles. The van der Waals surface area contributed by atoms with Gasteiger partial charge in [0.05, 0.1) is 32.8 Å². The molecule has 0 aliphatic carbocycles. The molecule has 2 amide bonds. The van der Waals surface area contributed by atoms with Crippen LogP contribution in [0.2, 0.25) is 0 Å². The Balaban J connectivity index is 1.44. The van der Waals surface area contributed by atoms with Crippen LogP contribution in [0.1, 0.15) is 6.42 Å². The van der Waals surface area contributed by atoms with Crippen LogP contribution in [0, 0.1) is 5.82 Å². The molecule has 0 bridgehead atoms. The van der Waals surface area contributed by atoms with Gasteiger partial charge in [0, 0.05) is 19.6 Å². The van der Waals surface area contributed by atoms with Gasteiger partial charge in [-0.15, -0.1) is 0 Å². The third kappa shape index (κ3) is 6.45. The van der Waals surface area contributed by atoms with Gasteiger partial charge in [-0.05, 0) is 36.4 Å². The van der Waals surface area contributed by atoms with E-state index in [0.717, 1.165) is 0 Å². The van der Waals surface area contributed by atoms with E-state index in [0.29, 0.717) is 44.3 Å². The van der Waals surface area contributed by atoms with Gasteiger partial charge in [-0.3, -0.25) is 9.59 Å². The van der Waals surface area contributed by atoms with E-state index in [1.54, 1.807) is 21.9 Å². The number of rotatable bonds is 8. The lowest BCUT2D eigenvalue weighted by Crippen LogP contribution is -2.59. The average molecular weight is 473 g/mol. The summed E-state index contributed by atoms with van der Waals surface area (Å²) in [6, 6.07) is 14.8. The molecule has 0 saturated carbocycles. The maximum Gasteiger partial charge on any atom is 0.260 e. The van der Waals surface area contributed by atoms with Gasteiger partial charge in [0.25, 0.3) is 5.91 Å². The number of benzene rings is 2. The Bertz CT molecular complexity index is 952. The number of para-hydroxylation sites is 1. The highest BCUT2D eigenvalue weighted by Crippen LogP contribution is 2.26. The van der Waals surface area contributed by atoms with Gasteiger partial charge in [0.1, 0.15) is 29.5 Å². The lowest BCUT2D eigenvalue weighted by molar-refractivity contribution is -0.168. The SMILES string of the molecule is O=C(C[C@]1(COc2ccc(F)cc2)CN(C(=O)COc2ccccc2)CCO1)N1CCOCC1. The van der Waals surface area contributed by atoms with Crippen molar-refractivity contribution in [3.63, 3.8) is 0 Å². The summed E-state index contributed by atoms with van der Waals surface area (Å²) >= 11 is 0. The van der Waals surface area contributed by atoms with Crippen molar-refractivity contribution in [1.82, 2.24) is 9.80 Å². The largest absolute Gasteiger partial charge is 0.490 e. The third-order valence-electron chi connectivity index (χ3n) is 5.86. The van der Waals surface area contributed by atoms with E-state index in [4.69, 9.17) is 18.9 Å². The maximum absolute atomic E-state index is 13.3. The second-order valence-corrected chi connectivity index (χ2v) is 8.36. The summed E-state index contributed by atoms with van der Waals surface area (Å²) in [4.78, 5) is 29.4. The summed E-state index contributed by atoms with van der Waals surface area (Å²) in [5, 5.41) is 0. The minimum Gasteiger partial charge on any atom is -0.490 e. The number of amides is 2. The van der Waals surface area contributed by atoms with Crippen molar-refractivity contribution < 1.29 is 32.9 Å². The van der Waals surface area contributed by atoms with E-state index in [9.17, 15) is 14.0 Å². The van der Waals surface area contributed by atoms with Crippen LogP contribution >= 0.6 is 0 Å². The van der Waals surface area contributed by atoms with Gasteiger partial charge in [0.15, 0.2) is 6.61 Å². The molecule has 0 spiro atoms. The van der Waals surface area contributed by atoms with Crippen LogP contribution in [0.5, 0.6) is 11.5 Å². The molecule has 2 fully saturated rings. The lowest BCUT2D eigenvalue weighted by Gasteiger charge is -2.43. The topological polar surface area (TPSA) is 77.5 Å². The lowest BCUT2D eigenvalue weighted by atomic mass is 9.96. The van der Waals surface area contributed by atoms with E-state index < -0.39 is 5.60 Å². The first-order chi connectivity index (χ1) is 16.5. The Hall–Kier alpha value is -3.17. The standard InChI is InChI=1S/C25H29FN2O6/c26-20-6-8-22(9-7-20)33-19-25(16-23(29)27-10-13-31-14-11-27)18-28(12-15-34-25)24(30)17-32-21-4-2-1-3-5-21/h1-9H,10-19H2/t25-/m1/s1.